The number of rotatable bonds is 7. The number of phenols is 1. The molecule has 0 saturated heterocycles. The number of likely N-dealkylation sites (N-methyl/N-ethyl adjacent to an activating group) is 1. The van der Waals surface area contributed by atoms with Crippen LogP contribution in [0, 0.1) is 0 Å². The van der Waals surface area contributed by atoms with Crippen molar-refractivity contribution in [2.45, 2.75) is 19.6 Å². The van der Waals surface area contributed by atoms with Crippen molar-refractivity contribution in [2.24, 2.45) is 7.05 Å². The lowest BCUT2D eigenvalue weighted by atomic mass is 10.1. The highest BCUT2D eigenvalue weighted by atomic mass is 35.5. The highest BCUT2D eigenvalue weighted by Gasteiger charge is 2.15. The van der Waals surface area contributed by atoms with E-state index in [1.807, 2.05) is 63.5 Å². The van der Waals surface area contributed by atoms with Crippen molar-refractivity contribution in [3.05, 3.63) is 65.2 Å². The monoisotopic (exact) mass is 385 g/mol. The van der Waals surface area contributed by atoms with Gasteiger partial charge in [-0.3, -0.25) is 4.90 Å². The van der Waals surface area contributed by atoms with Crippen LogP contribution in [0.25, 0.3) is 11.3 Å². The largest absolute Gasteiger partial charge is 0.508 e. The molecule has 1 atom stereocenters. The van der Waals surface area contributed by atoms with Gasteiger partial charge in [-0.25, -0.2) is 4.68 Å². The van der Waals surface area contributed by atoms with Crippen molar-refractivity contribution in [2.75, 3.05) is 13.6 Å². The molecule has 1 unspecified atom stereocenters. The molecule has 1 heterocycles. The van der Waals surface area contributed by atoms with Gasteiger partial charge in [-0.2, -0.15) is 5.10 Å². The smallest absolute Gasteiger partial charge is 0.213 e. The van der Waals surface area contributed by atoms with Crippen LogP contribution in [-0.2, 0) is 13.5 Å². The van der Waals surface area contributed by atoms with E-state index in [1.165, 1.54) is 5.56 Å². The number of halogens is 1. The standard InChI is InChI=1S/C21H24ClN3O2/c1-15(24(2)13-12-16-4-8-18(22)9-5-16)27-21-14-20(23-25(21)3)17-6-10-19(26)11-7-17/h4-11,14-15,26H,12-13H2,1-3H3. The molecule has 0 bridgehead atoms. The van der Waals surface area contributed by atoms with E-state index in [2.05, 4.69) is 10.00 Å². The summed E-state index contributed by atoms with van der Waals surface area (Å²) in [6.45, 7) is 2.89. The number of hydrogen-bond acceptors (Lipinski definition) is 4. The third-order valence-corrected chi connectivity index (χ3v) is 4.83. The van der Waals surface area contributed by atoms with Gasteiger partial charge in [0.25, 0.3) is 0 Å². The van der Waals surface area contributed by atoms with Gasteiger partial charge < -0.3 is 9.84 Å². The third-order valence-electron chi connectivity index (χ3n) is 4.58. The summed E-state index contributed by atoms with van der Waals surface area (Å²) in [5.41, 5.74) is 2.99. The first kappa shape index (κ1) is 19.3. The number of aromatic hydroxyl groups is 1. The fourth-order valence-corrected chi connectivity index (χ4v) is 2.86. The van der Waals surface area contributed by atoms with Crippen molar-refractivity contribution >= 4 is 11.6 Å². The first-order valence-corrected chi connectivity index (χ1v) is 9.25. The van der Waals surface area contributed by atoms with Crippen molar-refractivity contribution in [3.63, 3.8) is 0 Å². The average molecular weight is 386 g/mol. The quantitative estimate of drug-likeness (QED) is 0.614. The maximum atomic E-state index is 9.43. The molecular weight excluding hydrogens is 362 g/mol. The van der Waals surface area contributed by atoms with Gasteiger partial charge in [0.2, 0.25) is 5.88 Å². The summed E-state index contributed by atoms with van der Waals surface area (Å²) in [6.07, 6.45) is 0.825. The van der Waals surface area contributed by atoms with E-state index in [1.54, 1.807) is 16.8 Å². The van der Waals surface area contributed by atoms with Gasteiger partial charge in [-0.1, -0.05) is 23.7 Å². The Labute approximate surface area is 164 Å². The normalized spacial score (nSPS) is 12.3. The summed E-state index contributed by atoms with van der Waals surface area (Å²) in [4.78, 5) is 2.15. The van der Waals surface area contributed by atoms with Gasteiger partial charge in [0, 0.05) is 30.2 Å². The van der Waals surface area contributed by atoms with E-state index < -0.39 is 0 Å². The molecule has 2 aromatic carbocycles. The topological polar surface area (TPSA) is 50.5 Å². The van der Waals surface area contributed by atoms with Gasteiger partial charge in [0.05, 0.1) is 5.69 Å². The molecule has 1 N–H and O–H groups in total. The second kappa shape index (κ2) is 8.46. The van der Waals surface area contributed by atoms with Gasteiger partial charge >= 0.3 is 0 Å². The number of phenolic OH excluding ortho intramolecular Hbond substituents is 1. The zero-order valence-corrected chi connectivity index (χ0v) is 16.5. The van der Waals surface area contributed by atoms with Crippen LogP contribution >= 0.6 is 11.6 Å². The average Bonchev–Trinajstić information content (AvgIpc) is 3.02. The molecule has 5 nitrogen and oxygen atoms in total. The molecule has 27 heavy (non-hydrogen) atoms. The summed E-state index contributed by atoms with van der Waals surface area (Å²) >= 11 is 5.93. The van der Waals surface area contributed by atoms with Gasteiger partial charge in [-0.05, 0) is 62.4 Å². The summed E-state index contributed by atoms with van der Waals surface area (Å²) in [6, 6.07) is 16.8. The Morgan fingerprint density at radius 3 is 2.48 bits per heavy atom. The summed E-state index contributed by atoms with van der Waals surface area (Å²) in [7, 11) is 3.90. The molecule has 0 fully saturated rings. The second-order valence-electron chi connectivity index (χ2n) is 6.61. The van der Waals surface area contributed by atoms with Crippen LogP contribution in [-0.4, -0.2) is 39.6 Å². The Morgan fingerprint density at radius 2 is 1.81 bits per heavy atom. The van der Waals surface area contributed by atoms with Gasteiger partial charge in [0.1, 0.15) is 5.75 Å². The number of hydrogen-bond donors (Lipinski definition) is 1. The number of aryl methyl sites for hydroxylation is 1. The summed E-state index contributed by atoms with van der Waals surface area (Å²) in [5, 5.41) is 14.7. The summed E-state index contributed by atoms with van der Waals surface area (Å²) < 4.78 is 7.82. The molecule has 0 amide bonds. The SMILES string of the molecule is CC(Oc1cc(-c2ccc(O)cc2)nn1C)N(C)CCc1ccc(Cl)cc1. The van der Waals surface area contributed by atoms with Crippen molar-refractivity contribution < 1.29 is 9.84 Å². The van der Waals surface area contributed by atoms with E-state index in [0.29, 0.717) is 5.88 Å². The van der Waals surface area contributed by atoms with Crippen molar-refractivity contribution in [1.82, 2.24) is 14.7 Å². The lowest BCUT2D eigenvalue weighted by Gasteiger charge is -2.25. The first-order valence-electron chi connectivity index (χ1n) is 8.87. The predicted molar refractivity (Wildman–Crippen MR) is 108 cm³/mol. The Balaban J connectivity index is 1.60. The Bertz CT molecular complexity index is 875. The summed E-state index contributed by atoms with van der Waals surface area (Å²) in [5.74, 6) is 0.936. The molecule has 142 valence electrons. The number of nitrogens with zero attached hydrogens (tertiary/aromatic N) is 3. The van der Waals surface area contributed by atoms with Crippen LogP contribution < -0.4 is 4.74 Å². The molecule has 0 saturated carbocycles. The molecule has 0 spiro atoms. The zero-order chi connectivity index (χ0) is 19.4. The minimum atomic E-state index is -0.0969. The molecule has 3 aromatic rings. The van der Waals surface area contributed by atoms with Gasteiger partial charge in [-0.15, -0.1) is 0 Å². The minimum absolute atomic E-state index is 0.0969. The Morgan fingerprint density at radius 1 is 1.15 bits per heavy atom. The van der Waals surface area contributed by atoms with Crippen LogP contribution in [0.3, 0.4) is 0 Å². The number of benzene rings is 2. The van der Waals surface area contributed by atoms with Crippen molar-refractivity contribution in [1.29, 1.82) is 0 Å². The van der Waals surface area contributed by atoms with E-state index in [-0.39, 0.29) is 12.0 Å². The van der Waals surface area contributed by atoms with Crippen LogP contribution in [0.4, 0.5) is 0 Å². The maximum absolute atomic E-state index is 9.43. The molecule has 0 aliphatic carbocycles. The molecule has 0 aliphatic heterocycles. The third kappa shape index (κ3) is 5.02. The maximum Gasteiger partial charge on any atom is 0.213 e. The zero-order valence-electron chi connectivity index (χ0n) is 15.8. The lowest BCUT2D eigenvalue weighted by molar-refractivity contribution is 0.0538. The van der Waals surface area contributed by atoms with Gasteiger partial charge in [0.15, 0.2) is 6.23 Å². The van der Waals surface area contributed by atoms with Crippen LogP contribution in [0.5, 0.6) is 11.6 Å². The molecule has 3 rings (SSSR count). The second-order valence-corrected chi connectivity index (χ2v) is 7.05. The molecule has 6 heteroatoms. The molecule has 0 radical (unpaired) electrons. The molecule has 0 aliphatic rings. The van der Waals surface area contributed by atoms with E-state index in [4.69, 9.17) is 16.3 Å². The fourth-order valence-electron chi connectivity index (χ4n) is 2.74. The van der Waals surface area contributed by atoms with E-state index in [9.17, 15) is 5.11 Å². The van der Waals surface area contributed by atoms with E-state index >= 15 is 0 Å². The lowest BCUT2D eigenvalue weighted by Crippen LogP contribution is -2.35. The van der Waals surface area contributed by atoms with Crippen LogP contribution in [0.2, 0.25) is 5.02 Å². The van der Waals surface area contributed by atoms with E-state index in [0.717, 1.165) is 29.2 Å². The first-order chi connectivity index (χ1) is 12.9. The number of aromatic nitrogens is 2. The fraction of sp³-hybridized carbons (Fsp3) is 0.286. The highest BCUT2D eigenvalue weighted by Crippen LogP contribution is 2.25. The van der Waals surface area contributed by atoms with Crippen molar-refractivity contribution in [3.8, 4) is 22.9 Å². The van der Waals surface area contributed by atoms with Crippen LogP contribution in [0.1, 0.15) is 12.5 Å². The van der Waals surface area contributed by atoms with Crippen LogP contribution in [0.15, 0.2) is 54.6 Å². The Hall–Kier alpha value is -2.50. The highest BCUT2D eigenvalue weighted by molar-refractivity contribution is 6.30. The minimum Gasteiger partial charge on any atom is -0.508 e. The predicted octanol–water partition coefficient (Wildman–Crippen LogP) is 4.35. The number of ether oxygens (including phenoxy) is 1. The Kier molecular flexibility index (Phi) is 6.04. The molecular formula is C21H24ClN3O2. The molecule has 1 aromatic heterocycles.